The van der Waals surface area contributed by atoms with Gasteiger partial charge in [-0.05, 0) is 18.3 Å². The molecule has 0 radical (unpaired) electrons. The topological polar surface area (TPSA) is 21.7 Å². The Kier molecular flexibility index (Phi) is 4.45. The summed E-state index contributed by atoms with van der Waals surface area (Å²) in [6.45, 7) is 8.70. The van der Waals surface area contributed by atoms with Gasteiger partial charge in [0.05, 0.1) is 12.2 Å². The Morgan fingerprint density at radius 3 is 2.68 bits per heavy atom. The molecular formula is C16H29NO2. The summed E-state index contributed by atoms with van der Waals surface area (Å²) in [5, 5.41) is 0. The van der Waals surface area contributed by atoms with E-state index in [1.807, 2.05) is 0 Å². The lowest BCUT2D eigenvalue weighted by atomic mass is 9.80. The minimum Gasteiger partial charge on any atom is -0.381 e. The van der Waals surface area contributed by atoms with Crippen molar-refractivity contribution in [3.8, 4) is 0 Å². The van der Waals surface area contributed by atoms with Gasteiger partial charge in [0.1, 0.15) is 0 Å². The molecule has 110 valence electrons. The van der Waals surface area contributed by atoms with Crippen LogP contribution in [0.4, 0.5) is 0 Å². The second kappa shape index (κ2) is 6.11. The van der Waals surface area contributed by atoms with Crippen LogP contribution in [0.5, 0.6) is 0 Å². The van der Waals surface area contributed by atoms with Crippen molar-refractivity contribution < 1.29 is 9.47 Å². The maximum absolute atomic E-state index is 6.13. The van der Waals surface area contributed by atoms with E-state index in [9.17, 15) is 0 Å². The molecule has 2 aliphatic heterocycles. The van der Waals surface area contributed by atoms with E-state index < -0.39 is 0 Å². The number of ether oxygens (including phenoxy) is 2. The highest BCUT2D eigenvalue weighted by Gasteiger charge is 2.39. The van der Waals surface area contributed by atoms with E-state index in [0.29, 0.717) is 0 Å². The maximum atomic E-state index is 6.13. The third-order valence-corrected chi connectivity index (χ3v) is 5.51. The summed E-state index contributed by atoms with van der Waals surface area (Å²) in [4.78, 5) is 2.68. The first kappa shape index (κ1) is 13.8. The lowest BCUT2D eigenvalue weighted by molar-refractivity contribution is -0.156. The molecule has 0 aromatic rings. The summed E-state index contributed by atoms with van der Waals surface area (Å²) in [6, 6.07) is 0. The van der Waals surface area contributed by atoms with Crippen LogP contribution in [0, 0.1) is 11.8 Å². The first-order valence-electron chi connectivity index (χ1n) is 8.21. The molecule has 2 atom stereocenters. The molecule has 0 bridgehead atoms. The van der Waals surface area contributed by atoms with Crippen molar-refractivity contribution >= 4 is 0 Å². The number of hydrogen-bond acceptors (Lipinski definition) is 3. The van der Waals surface area contributed by atoms with Gasteiger partial charge in [0.15, 0.2) is 0 Å². The Morgan fingerprint density at radius 1 is 1.11 bits per heavy atom. The van der Waals surface area contributed by atoms with Gasteiger partial charge in [-0.1, -0.05) is 26.2 Å². The van der Waals surface area contributed by atoms with Gasteiger partial charge in [-0.25, -0.2) is 0 Å². The van der Waals surface area contributed by atoms with Crippen LogP contribution in [0.25, 0.3) is 0 Å². The number of nitrogens with zero attached hydrogens (tertiary/aromatic N) is 1. The lowest BCUT2D eigenvalue weighted by Crippen LogP contribution is -2.55. The molecule has 0 aromatic carbocycles. The molecule has 3 rings (SSSR count). The van der Waals surface area contributed by atoms with Gasteiger partial charge in [-0.15, -0.1) is 0 Å². The smallest absolute Gasteiger partial charge is 0.0853 e. The number of hydrogen-bond donors (Lipinski definition) is 0. The van der Waals surface area contributed by atoms with Crippen LogP contribution < -0.4 is 0 Å². The van der Waals surface area contributed by atoms with Crippen molar-refractivity contribution in [3.63, 3.8) is 0 Å². The third kappa shape index (κ3) is 3.32. The maximum Gasteiger partial charge on any atom is 0.0853 e. The van der Waals surface area contributed by atoms with E-state index in [1.165, 1.54) is 32.2 Å². The first-order valence-corrected chi connectivity index (χ1v) is 8.21. The average Bonchev–Trinajstić information content (AvgIpc) is 2.42. The highest BCUT2D eigenvalue weighted by atomic mass is 16.5. The van der Waals surface area contributed by atoms with Gasteiger partial charge in [-0.2, -0.15) is 0 Å². The van der Waals surface area contributed by atoms with E-state index >= 15 is 0 Å². The molecule has 3 fully saturated rings. The summed E-state index contributed by atoms with van der Waals surface area (Å²) in [6.07, 6.45) is 7.94. The molecule has 2 heterocycles. The quantitative estimate of drug-likeness (QED) is 0.768. The number of morpholine rings is 1. The molecule has 3 aliphatic rings. The van der Waals surface area contributed by atoms with Crippen LogP contribution in [-0.4, -0.2) is 50.0 Å². The molecule has 0 unspecified atom stereocenters. The Bertz CT molecular complexity index is 283. The molecular weight excluding hydrogens is 238 g/mol. The molecule has 19 heavy (non-hydrogen) atoms. The van der Waals surface area contributed by atoms with Crippen molar-refractivity contribution in [2.75, 3.05) is 39.5 Å². The van der Waals surface area contributed by atoms with Crippen LogP contribution in [-0.2, 0) is 9.47 Å². The van der Waals surface area contributed by atoms with Gasteiger partial charge in [-0.3, -0.25) is 4.90 Å². The molecule has 0 N–H and O–H groups in total. The summed E-state index contributed by atoms with van der Waals surface area (Å²) >= 11 is 0. The molecule has 0 aromatic heterocycles. The second-order valence-electron chi connectivity index (χ2n) is 6.90. The van der Waals surface area contributed by atoms with Crippen LogP contribution in [0.1, 0.15) is 45.4 Å². The van der Waals surface area contributed by atoms with E-state index in [-0.39, 0.29) is 5.60 Å². The minimum atomic E-state index is 0.119. The molecule has 1 spiro atoms. The van der Waals surface area contributed by atoms with Gasteiger partial charge in [0.25, 0.3) is 0 Å². The largest absolute Gasteiger partial charge is 0.381 e. The molecule has 3 heteroatoms. The van der Waals surface area contributed by atoms with Gasteiger partial charge < -0.3 is 9.47 Å². The first-order chi connectivity index (χ1) is 9.27. The summed E-state index contributed by atoms with van der Waals surface area (Å²) in [5.41, 5.74) is 0.119. The van der Waals surface area contributed by atoms with Crippen molar-refractivity contribution in [1.82, 2.24) is 4.90 Å². The average molecular weight is 267 g/mol. The molecule has 1 saturated carbocycles. The zero-order chi connectivity index (χ0) is 13.1. The molecule has 0 amide bonds. The normalized spacial score (nSPS) is 36.5. The van der Waals surface area contributed by atoms with Crippen molar-refractivity contribution in [3.05, 3.63) is 0 Å². The SMILES string of the molecule is C[C@@H]1CCCC[C@@H]1CN1CCOC2(CCOCC2)C1. The standard InChI is InChI=1S/C16H29NO2/c1-14-4-2-3-5-15(14)12-17-8-11-19-16(13-17)6-9-18-10-7-16/h14-15H,2-13H2,1H3/t14-,15-/m1/s1. The monoisotopic (exact) mass is 267 g/mol. The Morgan fingerprint density at radius 2 is 1.89 bits per heavy atom. The highest BCUT2D eigenvalue weighted by molar-refractivity contribution is 4.90. The van der Waals surface area contributed by atoms with Crippen LogP contribution in [0.2, 0.25) is 0 Å². The van der Waals surface area contributed by atoms with Crippen LogP contribution in [0.15, 0.2) is 0 Å². The summed E-state index contributed by atoms with van der Waals surface area (Å²) in [7, 11) is 0. The van der Waals surface area contributed by atoms with Gasteiger partial charge >= 0.3 is 0 Å². The zero-order valence-corrected chi connectivity index (χ0v) is 12.4. The minimum absolute atomic E-state index is 0.119. The lowest BCUT2D eigenvalue weighted by Gasteiger charge is -2.46. The summed E-state index contributed by atoms with van der Waals surface area (Å²) in [5.74, 6) is 1.84. The number of rotatable bonds is 2. The fourth-order valence-corrected chi connectivity index (χ4v) is 4.12. The Balaban J connectivity index is 1.55. The van der Waals surface area contributed by atoms with Crippen LogP contribution >= 0.6 is 0 Å². The molecule has 2 saturated heterocycles. The zero-order valence-electron chi connectivity index (χ0n) is 12.4. The highest BCUT2D eigenvalue weighted by Crippen LogP contribution is 2.33. The predicted molar refractivity (Wildman–Crippen MR) is 76.3 cm³/mol. The molecule has 3 nitrogen and oxygen atoms in total. The van der Waals surface area contributed by atoms with E-state index in [2.05, 4.69) is 11.8 Å². The van der Waals surface area contributed by atoms with E-state index in [1.54, 1.807) is 0 Å². The van der Waals surface area contributed by atoms with Gasteiger partial charge in [0.2, 0.25) is 0 Å². The predicted octanol–water partition coefficient (Wildman–Crippen LogP) is 2.69. The van der Waals surface area contributed by atoms with Crippen molar-refractivity contribution in [1.29, 1.82) is 0 Å². The fourth-order valence-electron chi connectivity index (χ4n) is 4.12. The Hall–Kier alpha value is -0.120. The van der Waals surface area contributed by atoms with E-state index in [4.69, 9.17) is 9.47 Å². The van der Waals surface area contributed by atoms with Crippen LogP contribution in [0.3, 0.4) is 0 Å². The van der Waals surface area contributed by atoms with Gasteiger partial charge in [0, 0.05) is 45.7 Å². The third-order valence-electron chi connectivity index (χ3n) is 5.51. The Labute approximate surface area is 117 Å². The second-order valence-corrected chi connectivity index (χ2v) is 6.90. The summed E-state index contributed by atoms with van der Waals surface area (Å²) < 4.78 is 11.6. The van der Waals surface area contributed by atoms with Crippen molar-refractivity contribution in [2.24, 2.45) is 11.8 Å². The van der Waals surface area contributed by atoms with E-state index in [0.717, 1.165) is 57.6 Å². The fraction of sp³-hybridized carbons (Fsp3) is 1.00. The van der Waals surface area contributed by atoms with Crippen molar-refractivity contribution in [2.45, 2.75) is 51.0 Å². The molecule has 1 aliphatic carbocycles.